The number of nitro groups is 1. The second-order valence-electron chi connectivity index (χ2n) is 2.83. The maximum Gasteiger partial charge on any atom is 0.312 e. The van der Waals surface area contributed by atoms with Crippen LogP contribution in [0.25, 0.3) is 0 Å². The second kappa shape index (κ2) is 4.45. The van der Waals surface area contributed by atoms with E-state index in [9.17, 15) is 10.1 Å². The highest BCUT2D eigenvalue weighted by Crippen LogP contribution is 2.28. The molecule has 0 heterocycles. The van der Waals surface area contributed by atoms with Gasteiger partial charge in [0, 0.05) is 11.8 Å². The van der Waals surface area contributed by atoms with Crippen LogP contribution in [0.4, 0.5) is 11.4 Å². The molecule has 0 saturated heterocycles. The molecule has 0 spiro atoms. The third-order valence-electron chi connectivity index (χ3n) is 1.64. The maximum atomic E-state index is 10.6. The van der Waals surface area contributed by atoms with Gasteiger partial charge in [-0.1, -0.05) is 6.92 Å². The molecule has 2 N–H and O–H groups in total. The smallest absolute Gasteiger partial charge is 0.312 e. The van der Waals surface area contributed by atoms with Crippen LogP contribution in [0.3, 0.4) is 0 Å². The Labute approximate surface area is 81.6 Å². The van der Waals surface area contributed by atoms with E-state index >= 15 is 0 Å². The number of nitrogens with two attached hydrogens (primary N) is 1. The van der Waals surface area contributed by atoms with Gasteiger partial charge in [-0.2, -0.15) is 0 Å². The zero-order valence-electron chi connectivity index (χ0n) is 7.90. The van der Waals surface area contributed by atoms with Gasteiger partial charge in [-0.15, -0.1) is 0 Å². The largest absolute Gasteiger partial charge is 0.487 e. The lowest BCUT2D eigenvalue weighted by molar-refractivity contribution is -0.385. The molecule has 76 valence electrons. The number of nitro benzene ring substituents is 1. The minimum Gasteiger partial charge on any atom is -0.487 e. The average Bonchev–Trinajstić information content (AvgIpc) is 2.15. The molecule has 1 aromatic rings. The molecule has 0 unspecified atom stereocenters. The number of ether oxygens (including phenoxy) is 1. The fourth-order valence-corrected chi connectivity index (χ4v) is 1.01. The van der Waals surface area contributed by atoms with Crippen LogP contribution in [0.15, 0.2) is 18.2 Å². The Morgan fingerprint density at radius 3 is 2.86 bits per heavy atom. The summed E-state index contributed by atoms with van der Waals surface area (Å²) in [6.07, 6.45) is 0.807. The van der Waals surface area contributed by atoms with E-state index in [0.29, 0.717) is 12.3 Å². The maximum absolute atomic E-state index is 10.6. The molecule has 0 radical (unpaired) electrons. The molecule has 5 nitrogen and oxygen atoms in total. The van der Waals surface area contributed by atoms with Crippen molar-refractivity contribution in [3.8, 4) is 5.75 Å². The average molecular weight is 196 g/mol. The van der Waals surface area contributed by atoms with Crippen molar-refractivity contribution in [3.05, 3.63) is 28.3 Å². The predicted octanol–water partition coefficient (Wildman–Crippen LogP) is 1.97. The molecule has 0 aliphatic carbocycles. The Morgan fingerprint density at radius 2 is 2.29 bits per heavy atom. The minimum atomic E-state index is -0.499. The van der Waals surface area contributed by atoms with Gasteiger partial charge in [-0.3, -0.25) is 10.1 Å². The van der Waals surface area contributed by atoms with Gasteiger partial charge in [0.15, 0.2) is 5.75 Å². The van der Waals surface area contributed by atoms with Gasteiger partial charge in [0.25, 0.3) is 0 Å². The number of hydrogen-bond donors (Lipinski definition) is 1. The van der Waals surface area contributed by atoms with E-state index in [-0.39, 0.29) is 11.4 Å². The van der Waals surface area contributed by atoms with Gasteiger partial charge < -0.3 is 10.5 Å². The molecule has 5 heteroatoms. The molecular weight excluding hydrogens is 184 g/mol. The Balaban J connectivity index is 2.96. The van der Waals surface area contributed by atoms with Crippen molar-refractivity contribution in [2.45, 2.75) is 13.3 Å². The lowest BCUT2D eigenvalue weighted by atomic mass is 10.2. The van der Waals surface area contributed by atoms with Crippen molar-refractivity contribution in [3.63, 3.8) is 0 Å². The van der Waals surface area contributed by atoms with Crippen LogP contribution in [0, 0.1) is 10.1 Å². The first kappa shape index (κ1) is 10.3. The van der Waals surface area contributed by atoms with Crippen molar-refractivity contribution in [1.29, 1.82) is 0 Å². The van der Waals surface area contributed by atoms with Crippen LogP contribution in [0.2, 0.25) is 0 Å². The van der Waals surface area contributed by atoms with Crippen molar-refractivity contribution >= 4 is 11.4 Å². The molecule has 0 aromatic heterocycles. The van der Waals surface area contributed by atoms with Gasteiger partial charge in [-0.05, 0) is 18.6 Å². The molecule has 0 aliphatic rings. The summed E-state index contributed by atoms with van der Waals surface area (Å²) in [4.78, 5) is 10.1. The van der Waals surface area contributed by atoms with E-state index in [0.717, 1.165) is 6.42 Å². The lowest BCUT2D eigenvalue weighted by Gasteiger charge is -2.05. The third kappa shape index (κ3) is 2.35. The molecule has 0 amide bonds. The first-order valence-electron chi connectivity index (χ1n) is 4.32. The summed E-state index contributed by atoms with van der Waals surface area (Å²) in [5.41, 5.74) is 5.71. The first-order valence-corrected chi connectivity index (χ1v) is 4.32. The summed E-state index contributed by atoms with van der Waals surface area (Å²) in [6, 6.07) is 4.39. The zero-order chi connectivity index (χ0) is 10.6. The van der Waals surface area contributed by atoms with Crippen LogP contribution in [0.1, 0.15) is 13.3 Å². The molecule has 0 saturated carbocycles. The van der Waals surface area contributed by atoms with Crippen LogP contribution >= 0.6 is 0 Å². The molecule has 0 atom stereocenters. The van der Waals surface area contributed by atoms with E-state index in [2.05, 4.69) is 0 Å². The molecule has 1 rings (SSSR count). The minimum absolute atomic E-state index is 0.0848. The van der Waals surface area contributed by atoms with Gasteiger partial charge in [-0.25, -0.2) is 0 Å². The van der Waals surface area contributed by atoms with Crippen LogP contribution in [0.5, 0.6) is 5.75 Å². The molecule has 14 heavy (non-hydrogen) atoms. The molecular formula is C9H12N2O3. The Bertz CT molecular complexity index is 339. The Kier molecular flexibility index (Phi) is 3.28. The fourth-order valence-electron chi connectivity index (χ4n) is 1.01. The molecule has 1 aromatic carbocycles. The van der Waals surface area contributed by atoms with E-state index in [1.165, 1.54) is 12.1 Å². The molecule has 0 fully saturated rings. The van der Waals surface area contributed by atoms with Crippen molar-refractivity contribution < 1.29 is 9.66 Å². The SMILES string of the molecule is CCCOc1ccc(N)cc1[N+](=O)[O-]. The Morgan fingerprint density at radius 1 is 1.57 bits per heavy atom. The number of nitrogen functional groups attached to an aromatic ring is 1. The number of hydrogen-bond acceptors (Lipinski definition) is 4. The summed E-state index contributed by atoms with van der Waals surface area (Å²) in [6.45, 7) is 2.40. The van der Waals surface area contributed by atoms with Crippen molar-refractivity contribution in [2.24, 2.45) is 0 Å². The zero-order valence-corrected chi connectivity index (χ0v) is 7.90. The summed E-state index contributed by atoms with van der Waals surface area (Å²) in [5, 5.41) is 10.6. The van der Waals surface area contributed by atoms with E-state index in [1.807, 2.05) is 6.92 Å². The topological polar surface area (TPSA) is 78.4 Å². The van der Waals surface area contributed by atoms with E-state index < -0.39 is 4.92 Å². The van der Waals surface area contributed by atoms with Crippen molar-refractivity contribution in [2.75, 3.05) is 12.3 Å². The van der Waals surface area contributed by atoms with Gasteiger partial charge in [0.05, 0.1) is 11.5 Å². The standard InChI is InChI=1S/C9H12N2O3/c1-2-5-14-9-4-3-7(10)6-8(9)11(12)13/h3-4,6H,2,5,10H2,1H3. The predicted molar refractivity (Wildman–Crippen MR) is 53.3 cm³/mol. The van der Waals surface area contributed by atoms with Crippen LogP contribution in [-0.4, -0.2) is 11.5 Å². The van der Waals surface area contributed by atoms with Gasteiger partial charge in [0.1, 0.15) is 0 Å². The highest BCUT2D eigenvalue weighted by atomic mass is 16.6. The number of nitrogens with zero attached hydrogens (tertiary/aromatic N) is 1. The van der Waals surface area contributed by atoms with Gasteiger partial charge in [0.2, 0.25) is 0 Å². The highest BCUT2D eigenvalue weighted by molar-refractivity contribution is 5.56. The number of benzene rings is 1. The third-order valence-corrected chi connectivity index (χ3v) is 1.64. The summed E-state index contributed by atoms with van der Waals surface area (Å²) in [7, 11) is 0. The van der Waals surface area contributed by atoms with Crippen LogP contribution < -0.4 is 10.5 Å². The number of rotatable bonds is 4. The summed E-state index contributed by atoms with van der Waals surface area (Å²) in [5.74, 6) is 0.269. The Hall–Kier alpha value is -1.78. The van der Waals surface area contributed by atoms with E-state index in [4.69, 9.17) is 10.5 Å². The first-order chi connectivity index (χ1) is 6.65. The number of anilines is 1. The summed E-state index contributed by atoms with van der Waals surface area (Å²) >= 11 is 0. The molecule has 0 aliphatic heterocycles. The van der Waals surface area contributed by atoms with E-state index in [1.54, 1.807) is 6.07 Å². The van der Waals surface area contributed by atoms with Crippen molar-refractivity contribution in [1.82, 2.24) is 0 Å². The highest BCUT2D eigenvalue weighted by Gasteiger charge is 2.14. The quantitative estimate of drug-likeness (QED) is 0.453. The lowest BCUT2D eigenvalue weighted by Crippen LogP contribution is -2.00. The molecule has 0 bridgehead atoms. The normalized spacial score (nSPS) is 9.79. The summed E-state index contributed by atoms with van der Waals surface area (Å²) < 4.78 is 5.21. The van der Waals surface area contributed by atoms with Crippen LogP contribution in [-0.2, 0) is 0 Å². The van der Waals surface area contributed by atoms with Gasteiger partial charge >= 0.3 is 5.69 Å². The monoisotopic (exact) mass is 196 g/mol. The fraction of sp³-hybridized carbons (Fsp3) is 0.333. The second-order valence-corrected chi connectivity index (χ2v) is 2.83.